The Bertz CT molecular complexity index is 370. The predicted molar refractivity (Wildman–Crippen MR) is 62.3 cm³/mol. The van der Waals surface area contributed by atoms with Gasteiger partial charge in [-0.1, -0.05) is 19.1 Å². The first-order valence-corrected chi connectivity index (χ1v) is 5.64. The Morgan fingerprint density at radius 2 is 1.87 bits per heavy atom. The number of aliphatic carboxylic acids is 1. The summed E-state index contributed by atoms with van der Waals surface area (Å²) < 4.78 is 1.01. The standard InChI is InChI=1S/C11H11IO3/c1-2-9(11(14)15)10(13)7-3-5-8(12)6-4-7/h3-6,9H,2H2,1H3,(H,14,15)/p-1. The Morgan fingerprint density at radius 1 is 1.33 bits per heavy atom. The molecular weight excluding hydrogens is 307 g/mol. The van der Waals surface area contributed by atoms with Crippen LogP contribution in [0.2, 0.25) is 0 Å². The Kier molecular flexibility index (Phi) is 4.26. The predicted octanol–water partition coefficient (Wildman–Crippen LogP) is 1.25. The van der Waals surface area contributed by atoms with E-state index in [-0.39, 0.29) is 12.2 Å². The minimum atomic E-state index is -1.30. The third-order valence-corrected chi connectivity index (χ3v) is 2.86. The van der Waals surface area contributed by atoms with E-state index in [4.69, 9.17) is 0 Å². The number of ketones is 1. The molecule has 4 heteroatoms. The van der Waals surface area contributed by atoms with Gasteiger partial charge >= 0.3 is 0 Å². The SMILES string of the molecule is CCC(C(=O)[O-])C(=O)c1ccc(I)cc1. The molecule has 1 aromatic carbocycles. The van der Waals surface area contributed by atoms with Gasteiger partial charge in [0.05, 0.1) is 11.9 Å². The summed E-state index contributed by atoms with van der Waals surface area (Å²) in [7, 11) is 0. The molecule has 1 aromatic rings. The minimum absolute atomic E-state index is 0.257. The van der Waals surface area contributed by atoms with Crippen LogP contribution in [0.15, 0.2) is 24.3 Å². The lowest BCUT2D eigenvalue weighted by molar-refractivity contribution is -0.309. The second-order valence-corrected chi connectivity index (χ2v) is 4.40. The van der Waals surface area contributed by atoms with Crippen LogP contribution < -0.4 is 5.11 Å². The first-order chi connectivity index (χ1) is 7.06. The zero-order valence-electron chi connectivity index (χ0n) is 8.20. The molecule has 0 amide bonds. The lowest BCUT2D eigenvalue weighted by Crippen LogP contribution is -2.36. The van der Waals surface area contributed by atoms with Gasteiger partial charge in [0.15, 0.2) is 5.78 Å². The van der Waals surface area contributed by atoms with Gasteiger partial charge in [-0.2, -0.15) is 0 Å². The van der Waals surface area contributed by atoms with Crippen molar-refractivity contribution in [1.82, 2.24) is 0 Å². The number of rotatable bonds is 4. The summed E-state index contributed by atoms with van der Waals surface area (Å²) >= 11 is 2.12. The molecular formula is C11H10IO3-. The van der Waals surface area contributed by atoms with Gasteiger partial charge < -0.3 is 9.90 Å². The molecule has 0 aliphatic carbocycles. The average molecular weight is 317 g/mol. The van der Waals surface area contributed by atoms with E-state index in [0.29, 0.717) is 5.56 Å². The monoisotopic (exact) mass is 317 g/mol. The largest absolute Gasteiger partial charge is 0.549 e. The molecule has 0 spiro atoms. The highest BCUT2D eigenvalue weighted by Gasteiger charge is 2.18. The molecule has 1 unspecified atom stereocenters. The average Bonchev–Trinajstić information content (AvgIpc) is 2.19. The number of benzene rings is 1. The van der Waals surface area contributed by atoms with E-state index in [1.165, 1.54) is 0 Å². The third-order valence-electron chi connectivity index (χ3n) is 2.14. The molecule has 0 saturated heterocycles. The van der Waals surface area contributed by atoms with Gasteiger partial charge in [0.2, 0.25) is 0 Å². The fraction of sp³-hybridized carbons (Fsp3) is 0.273. The molecule has 0 bridgehead atoms. The van der Waals surface area contributed by atoms with Crippen molar-refractivity contribution >= 4 is 34.3 Å². The van der Waals surface area contributed by atoms with Gasteiger partial charge in [0.25, 0.3) is 0 Å². The van der Waals surface area contributed by atoms with Crippen molar-refractivity contribution in [2.75, 3.05) is 0 Å². The molecule has 0 aromatic heterocycles. The summed E-state index contributed by atoms with van der Waals surface area (Å²) in [6.07, 6.45) is 0.257. The fourth-order valence-corrected chi connectivity index (χ4v) is 1.63. The van der Waals surface area contributed by atoms with Crippen molar-refractivity contribution in [3.8, 4) is 0 Å². The molecule has 0 aliphatic rings. The maximum atomic E-state index is 11.7. The maximum absolute atomic E-state index is 11.7. The highest BCUT2D eigenvalue weighted by molar-refractivity contribution is 14.1. The zero-order chi connectivity index (χ0) is 11.4. The van der Waals surface area contributed by atoms with Crippen LogP contribution in [0, 0.1) is 9.49 Å². The molecule has 15 heavy (non-hydrogen) atoms. The first kappa shape index (κ1) is 12.2. The smallest absolute Gasteiger partial charge is 0.171 e. The third kappa shape index (κ3) is 3.02. The number of carbonyl (C=O) groups excluding carboxylic acids is 2. The van der Waals surface area contributed by atoms with E-state index in [2.05, 4.69) is 22.6 Å². The van der Waals surface area contributed by atoms with E-state index in [9.17, 15) is 14.7 Å². The summed E-state index contributed by atoms with van der Waals surface area (Å²) in [6.45, 7) is 1.66. The van der Waals surface area contributed by atoms with Gasteiger partial charge in [-0.15, -0.1) is 0 Å². The lowest BCUT2D eigenvalue weighted by atomic mass is 9.95. The highest BCUT2D eigenvalue weighted by Crippen LogP contribution is 2.13. The number of hydrogen-bond acceptors (Lipinski definition) is 3. The van der Waals surface area contributed by atoms with Crippen LogP contribution in [-0.2, 0) is 4.79 Å². The molecule has 0 fully saturated rings. The van der Waals surface area contributed by atoms with Gasteiger partial charge in [-0.05, 0) is 41.1 Å². The Morgan fingerprint density at radius 3 is 2.27 bits per heavy atom. The molecule has 0 saturated carbocycles. The van der Waals surface area contributed by atoms with Crippen LogP contribution in [0.5, 0.6) is 0 Å². The molecule has 3 nitrogen and oxygen atoms in total. The highest BCUT2D eigenvalue weighted by atomic mass is 127. The van der Waals surface area contributed by atoms with Crippen LogP contribution >= 0.6 is 22.6 Å². The van der Waals surface area contributed by atoms with Gasteiger partial charge in [0.1, 0.15) is 0 Å². The second kappa shape index (κ2) is 5.25. The van der Waals surface area contributed by atoms with Crippen LogP contribution in [0.3, 0.4) is 0 Å². The quantitative estimate of drug-likeness (QED) is 0.477. The summed E-state index contributed by atoms with van der Waals surface area (Å²) in [5, 5.41) is 10.7. The van der Waals surface area contributed by atoms with E-state index in [0.717, 1.165) is 3.57 Å². The topological polar surface area (TPSA) is 57.2 Å². The fourth-order valence-electron chi connectivity index (χ4n) is 1.27. The Labute approximate surface area is 102 Å². The Hall–Kier alpha value is -0.910. The van der Waals surface area contributed by atoms with Crippen molar-refractivity contribution in [3.63, 3.8) is 0 Å². The minimum Gasteiger partial charge on any atom is -0.549 e. The molecule has 1 atom stereocenters. The van der Waals surface area contributed by atoms with Crippen molar-refractivity contribution in [1.29, 1.82) is 0 Å². The first-order valence-electron chi connectivity index (χ1n) is 4.57. The van der Waals surface area contributed by atoms with Crippen molar-refractivity contribution in [2.24, 2.45) is 5.92 Å². The molecule has 0 aliphatic heterocycles. The number of carbonyl (C=O) groups is 2. The van der Waals surface area contributed by atoms with Gasteiger partial charge in [-0.3, -0.25) is 4.79 Å². The summed E-state index contributed by atoms with van der Waals surface area (Å²) in [4.78, 5) is 22.4. The van der Waals surface area contributed by atoms with Crippen LogP contribution in [-0.4, -0.2) is 11.8 Å². The van der Waals surface area contributed by atoms with Gasteiger partial charge in [0, 0.05) is 9.13 Å². The number of Topliss-reactive ketones (excluding diaryl/α,β-unsaturated/α-hetero) is 1. The van der Waals surface area contributed by atoms with E-state index < -0.39 is 11.9 Å². The number of hydrogen-bond donors (Lipinski definition) is 0. The number of carboxylic acids is 1. The normalized spacial score (nSPS) is 12.1. The van der Waals surface area contributed by atoms with Crippen molar-refractivity contribution in [2.45, 2.75) is 13.3 Å². The Balaban J connectivity index is 2.93. The molecule has 0 heterocycles. The lowest BCUT2D eigenvalue weighted by Gasteiger charge is -2.14. The van der Waals surface area contributed by atoms with Crippen LogP contribution in [0.4, 0.5) is 0 Å². The van der Waals surface area contributed by atoms with E-state index in [1.807, 2.05) is 0 Å². The van der Waals surface area contributed by atoms with E-state index in [1.54, 1.807) is 31.2 Å². The number of halogens is 1. The van der Waals surface area contributed by atoms with Crippen LogP contribution in [0.1, 0.15) is 23.7 Å². The molecule has 0 radical (unpaired) electrons. The molecule has 1 rings (SSSR count). The zero-order valence-corrected chi connectivity index (χ0v) is 10.4. The molecule has 80 valence electrons. The second-order valence-electron chi connectivity index (χ2n) is 3.15. The van der Waals surface area contributed by atoms with E-state index >= 15 is 0 Å². The van der Waals surface area contributed by atoms with Crippen LogP contribution in [0.25, 0.3) is 0 Å². The summed E-state index contributed by atoms with van der Waals surface area (Å²) in [5.74, 6) is -2.72. The number of carboxylic acid groups (broad SMARTS) is 1. The summed E-state index contributed by atoms with van der Waals surface area (Å²) in [5.41, 5.74) is 0.423. The maximum Gasteiger partial charge on any atom is 0.171 e. The molecule has 0 N–H and O–H groups in total. The van der Waals surface area contributed by atoms with Crippen molar-refractivity contribution < 1.29 is 14.7 Å². The summed E-state index contributed by atoms with van der Waals surface area (Å²) in [6, 6.07) is 6.82. The van der Waals surface area contributed by atoms with Crippen molar-refractivity contribution in [3.05, 3.63) is 33.4 Å². The van der Waals surface area contributed by atoms with Gasteiger partial charge in [-0.25, -0.2) is 0 Å².